The summed E-state index contributed by atoms with van der Waals surface area (Å²) in [6.07, 6.45) is 3.13. The third-order valence-electron chi connectivity index (χ3n) is 4.92. The van der Waals surface area contributed by atoms with Crippen LogP contribution in [0.5, 0.6) is 0 Å². The highest BCUT2D eigenvalue weighted by molar-refractivity contribution is 5.96. The lowest BCUT2D eigenvalue weighted by Crippen LogP contribution is -2.30. The van der Waals surface area contributed by atoms with Gasteiger partial charge in [-0.05, 0) is 47.7 Å². The van der Waals surface area contributed by atoms with Crippen LogP contribution in [0.25, 0.3) is 16.7 Å². The van der Waals surface area contributed by atoms with Crippen molar-refractivity contribution in [3.8, 4) is 5.69 Å². The van der Waals surface area contributed by atoms with Crippen LogP contribution in [-0.4, -0.2) is 25.7 Å². The van der Waals surface area contributed by atoms with Crippen molar-refractivity contribution in [3.63, 3.8) is 0 Å². The molecular weight excluding hydrogens is 376 g/mol. The van der Waals surface area contributed by atoms with Gasteiger partial charge in [-0.15, -0.1) is 0 Å². The number of nitrogens with zero attached hydrogens (tertiary/aromatic N) is 4. The van der Waals surface area contributed by atoms with Gasteiger partial charge in [0.2, 0.25) is 0 Å². The molecule has 0 unspecified atom stereocenters. The van der Waals surface area contributed by atoms with Gasteiger partial charge in [-0.25, -0.2) is 14.6 Å². The fourth-order valence-electron chi connectivity index (χ4n) is 3.20. The molecule has 1 amide bonds. The van der Waals surface area contributed by atoms with Gasteiger partial charge in [-0.2, -0.15) is 5.10 Å². The fraction of sp³-hybridized carbons (Fsp3) is 0.217. The van der Waals surface area contributed by atoms with Crippen LogP contribution in [0.1, 0.15) is 42.3 Å². The molecule has 7 nitrogen and oxygen atoms in total. The van der Waals surface area contributed by atoms with Crippen molar-refractivity contribution in [2.24, 2.45) is 0 Å². The Hall–Kier alpha value is -3.74. The van der Waals surface area contributed by atoms with Crippen LogP contribution < -0.4 is 10.9 Å². The highest BCUT2D eigenvalue weighted by Crippen LogP contribution is 2.23. The summed E-state index contributed by atoms with van der Waals surface area (Å²) in [4.78, 5) is 21.2. The molecule has 0 aliphatic carbocycles. The highest BCUT2D eigenvalue weighted by Gasteiger charge is 2.15. The number of aromatic nitrogens is 4. The van der Waals surface area contributed by atoms with E-state index in [1.165, 1.54) is 11.9 Å². The molecule has 2 heterocycles. The van der Waals surface area contributed by atoms with Gasteiger partial charge < -0.3 is 0 Å². The van der Waals surface area contributed by atoms with E-state index < -0.39 is 0 Å². The number of nitrogens with one attached hydrogen (secondary N) is 2. The summed E-state index contributed by atoms with van der Waals surface area (Å²) in [5, 5.41) is 5.16. The minimum atomic E-state index is -0.242. The molecule has 0 radical (unpaired) electrons. The molecule has 2 N–H and O–H groups in total. The first-order valence-electron chi connectivity index (χ1n) is 9.75. The first kappa shape index (κ1) is 19.6. The lowest BCUT2D eigenvalue weighted by atomic mass is 9.87. The molecule has 0 aliphatic rings. The minimum Gasteiger partial charge on any atom is -0.281 e. The number of benzene rings is 2. The first-order valence-corrected chi connectivity index (χ1v) is 9.75. The number of amides is 1. The first-order chi connectivity index (χ1) is 14.3. The molecule has 4 aromatic rings. The monoisotopic (exact) mass is 400 g/mol. The Morgan fingerprint density at radius 1 is 1.03 bits per heavy atom. The Morgan fingerprint density at radius 3 is 2.50 bits per heavy atom. The summed E-state index contributed by atoms with van der Waals surface area (Å²) >= 11 is 0. The summed E-state index contributed by atoms with van der Waals surface area (Å²) in [5.74, 6) is 0.242. The van der Waals surface area contributed by atoms with Crippen molar-refractivity contribution in [2.45, 2.75) is 33.1 Å². The topological polar surface area (TPSA) is 84.7 Å². The van der Waals surface area contributed by atoms with Crippen molar-refractivity contribution in [3.05, 3.63) is 77.7 Å². The third kappa shape index (κ3) is 3.87. The standard InChI is InChI=1S/C23H24N6O/c1-15-6-5-7-18(12-15)29-21-19(13-26-29)20(24-14-25-21)27-28-22(30)16-8-10-17(11-9-16)23(2,3)4/h5-14H,1-4H3,(H,28,30)(H,24,25,27). The number of rotatable bonds is 4. The van der Waals surface area contributed by atoms with E-state index >= 15 is 0 Å². The van der Waals surface area contributed by atoms with Gasteiger partial charge in [-0.1, -0.05) is 45.0 Å². The van der Waals surface area contributed by atoms with Crippen molar-refractivity contribution in [2.75, 3.05) is 5.43 Å². The van der Waals surface area contributed by atoms with Crippen molar-refractivity contribution < 1.29 is 4.79 Å². The predicted molar refractivity (Wildman–Crippen MR) is 118 cm³/mol. The van der Waals surface area contributed by atoms with Crippen LogP contribution in [0.15, 0.2) is 61.1 Å². The Kier molecular flexibility index (Phi) is 4.95. The number of fused-ring (bicyclic) bond motifs is 1. The van der Waals surface area contributed by atoms with Gasteiger partial charge >= 0.3 is 0 Å². The number of anilines is 1. The summed E-state index contributed by atoms with van der Waals surface area (Å²) in [6, 6.07) is 15.6. The summed E-state index contributed by atoms with van der Waals surface area (Å²) in [7, 11) is 0. The lowest BCUT2D eigenvalue weighted by molar-refractivity contribution is 0.0962. The van der Waals surface area contributed by atoms with Crippen LogP contribution >= 0.6 is 0 Å². The Morgan fingerprint density at radius 2 is 1.80 bits per heavy atom. The Bertz CT molecular complexity index is 1200. The largest absolute Gasteiger partial charge is 0.281 e. The summed E-state index contributed by atoms with van der Waals surface area (Å²) in [6.45, 7) is 8.45. The average Bonchev–Trinajstić information content (AvgIpc) is 3.16. The second-order valence-electron chi connectivity index (χ2n) is 8.26. The van der Waals surface area contributed by atoms with E-state index in [-0.39, 0.29) is 11.3 Å². The summed E-state index contributed by atoms with van der Waals surface area (Å²) in [5.41, 5.74) is 10.1. The maximum Gasteiger partial charge on any atom is 0.269 e. The predicted octanol–water partition coefficient (Wildman–Crippen LogP) is 4.18. The zero-order valence-corrected chi connectivity index (χ0v) is 17.5. The molecule has 2 aromatic heterocycles. The van der Waals surface area contributed by atoms with E-state index in [4.69, 9.17) is 0 Å². The Labute approximate surface area is 175 Å². The molecule has 0 spiro atoms. The zero-order valence-electron chi connectivity index (χ0n) is 17.5. The number of carbonyl (C=O) groups excluding carboxylic acids is 1. The molecule has 0 fully saturated rings. The van der Waals surface area contributed by atoms with Gasteiger partial charge in [-0.3, -0.25) is 15.6 Å². The average molecular weight is 400 g/mol. The number of carbonyl (C=O) groups is 1. The van der Waals surface area contributed by atoms with E-state index in [1.807, 2.05) is 55.5 Å². The molecule has 2 aromatic carbocycles. The molecular formula is C23H24N6O. The molecule has 30 heavy (non-hydrogen) atoms. The smallest absolute Gasteiger partial charge is 0.269 e. The lowest BCUT2D eigenvalue weighted by Gasteiger charge is -2.19. The van der Waals surface area contributed by atoms with Crippen LogP contribution in [0.3, 0.4) is 0 Å². The number of hydrazine groups is 1. The molecule has 152 valence electrons. The van der Waals surface area contributed by atoms with E-state index in [1.54, 1.807) is 10.9 Å². The van der Waals surface area contributed by atoms with Gasteiger partial charge in [0.25, 0.3) is 5.91 Å². The molecule has 7 heteroatoms. The van der Waals surface area contributed by atoms with Crippen LogP contribution in [0, 0.1) is 6.92 Å². The van der Waals surface area contributed by atoms with Crippen molar-refractivity contribution >= 4 is 22.8 Å². The second-order valence-corrected chi connectivity index (χ2v) is 8.26. The van der Waals surface area contributed by atoms with E-state index in [0.717, 1.165) is 11.3 Å². The molecule has 0 saturated heterocycles. The maximum absolute atomic E-state index is 12.5. The molecule has 0 atom stereocenters. The minimum absolute atomic E-state index is 0.0390. The van der Waals surface area contributed by atoms with E-state index in [2.05, 4.69) is 46.7 Å². The normalized spacial score (nSPS) is 11.5. The van der Waals surface area contributed by atoms with E-state index in [9.17, 15) is 4.79 Å². The quantitative estimate of drug-likeness (QED) is 0.502. The number of aryl methyl sites for hydroxylation is 1. The van der Waals surface area contributed by atoms with Crippen LogP contribution in [0.2, 0.25) is 0 Å². The SMILES string of the molecule is Cc1cccc(-n2ncc3c(NNC(=O)c4ccc(C(C)(C)C)cc4)ncnc32)c1. The van der Waals surface area contributed by atoms with Gasteiger partial charge in [0.05, 0.1) is 17.3 Å². The Balaban J connectivity index is 1.54. The van der Waals surface area contributed by atoms with Crippen molar-refractivity contribution in [1.29, 1.82) is 0 Å². The van der Waals surface area contributed by atoms with Crippen LogP contribution in [-0.2, 0) is 5.41 Å². The van der Waals surface area contributed by atoms with Crippen LogP contribution in [0.4, 0.5) is 5.82 Å². The van der Waals surface area contributed by atoms with Gasteiger partial charge in [0.1, 0.15) is 6.33 Å². The van der Waals surface area contributed by atoms with E-state index in [0.29, 0.717) is 22.4 Å². The molecule has 0 bridgehead atoms. The second kappa shape index (κ2) is 7.59. The molecule has 4 rings (SSSR count). The molecule has 0 aliphatic heterocycles. The zero-order chi connectivity index (χ0) is 21.3. The third-order valence-corrected chi connectivity index (χ3v) is 4.92. The molecule has 0 saturated carbocycles. The number of hydrogen-bond donors (Lipinski definition) is 2. The number of hydrogen-bond acceptors (Lipinski definition) is 5. The highest BCUT2D eigenvalue weighted by atomic mass is 16.2. The van der Waals surface area contributed by atoms with Gasteiger partial charge in [0.15, 0.2) is 11.5 Å². The fourth-order valence-corrected chi connectivity index (χ4v) is 3.20. The van der Waals surface area contributed by atoms with Crippen molar-refractivity contribution in [1.82, 2.24) is 25.2 Å². The maximum atomic E-state index is 12.5. The van der Waals surface area contributed by atoms with Gasteiger partial charge in [0, 0.05) is 5.56 Å². The summed E-state index contributed by atoms with van der Waals surface area (Å²) < 4.78 is 1.75.